The van der Waals surface area contributed by atoms with E-state index in [1.165, 1.54) is 11.1 Å². The van der Waals surface area contributed by atoms with Gasteiger partial charge in [0.25, 0.3) is 6.43 Å². The van der Waals surface area contributed by atoms with E-state index in [-0.39, 0.29) is 35.5 Å². The van der Waals surface area contributed by atoms with E-state index >= 15 is 0 Å². The minimum Gasteiger partial charge on any atom is -0.465 e. The summed E-state index contributed by atoms with van der Waals surface area (Å²) in [6, 6.07) is 2.10. The average molecular weight is 445 g/mol. The summed E-state index contributed by atoms with van der Waals surface area (Å²) in [6.45, 7) is 0.114. The van der Waals surface area contributed by atoms with Gasteiger partial charge in [-0.05, 0) is 25.0 Å². The van der Waals surface area contributed by atoms with Gasteiger partial charge in [0, 0.05) is 24.7 Å². The summed E-state index contributed by atoms with van der Waals surface area (Å²) in [6.07, 6.45) is -3.49. The van der Waals surface area contributed by atoms with E-state index in [2.05, 4.69) is 4.98 Å². The fourth-order valence-electron chi connectivity index (χ4n) is 3.65. The van der Waals surface area contributed by atoms with Gasteiger partial charge in [0.15, 0.2) is 11.6 Å². The fraction of sp³-hybridized carbons (Fsp3) is 0.400. The highest BCUT2D eigenvalue weighted by Crippen LogP contribution is 2.33. The number of aliphatic hydroxyl groups excluding tert-OH is 1. The third kappa shape index (κ3) is 4.47. The number of benzene rings is 1. The van der Waals surface area contributed by atoms with Gasteiger partial charge in [0.2, 0.25) is 0 Å². The molecule has 3 N–H and O–H groups in total. The first-order valence-electron chi connectivity index (χ1n) is 9.30. The number of hydrogen-bond donors (Lipinski definition) is 2. The number of carbonyl (C=O) groups is 1. The van der Waals surface area contributed by atoms with Gasteiger partial charge in [0.05, 0.1) is 35.8 Å². The Morgan fingerprint density at radius 2 is 1.90 bits per heavy atom. The van der Waals surface area contributed by atoms with E-state index in [4.69, 9.17) is 10.5 Å². The van der Waals surface area contributed by atoms with Crippen molar-refractivity contribution in [1.82, 2.24) is 4.98 Å². The first-order valence-corrected chi connectivity index (χ1v) is 9.30. The molecule has 3 rings (SSSR count). The van der Waals surface area contributed by atoms with E-state index in [0.29, 0.717) is 25.1 Å². The molecule has 1 fully saturated rings. The summed E-state index contributed by atoms with van der Waals surface area (Å²) < 4.78 is 71.9. The molecule has 2 aromatic rings. The van der Waals surface area contributed by atoms with Crippen LogP contribution in [0.25, 0.3) is 11.3 Å². The zero-order valence-corrected chi connectivity index (χ0v) is 16.4. The van der Waals surface area contributed by atoms with Crippen LogP contribution in [0.5, 0.6) is 0 Å². The van der Waals surface area contributed by atoms with Crippen LogP contribution < -0.4 is 10.6 Å². The van der Waals surface area contributed by atoms with E-state index in [9.17, 15) is 31.9 Å². The molecule has 0 saturated carbocycles. The number of carbonyl (C=O) groups excluding carboxylic acids is 1. The molecule has 1 aliphatic rings. The van der Waals surface area contributed by atoms with Crippen molar-refractivity contribution in [2.75, 3.05) is 25.1 Å². The van der Waals surface area contributed by atoms with Crippen molar-refractivity contribution in [2.24, 2.45) is 5.73 Å². The lowest BCUT2D eigenvalue weighted by molar-refractivity contribution is -0.0529. The normalized spacial score (nSPS) is 20.1. The van der Waals surface area contributed by atoms with Gasteiger partial charge < -0.3 is 20.5 Å². The maximum atomic E-state index is 14.2. The number of halogens is 5. The van der Waals surface area contributed by atoms with Crippen LogP contribution in [0, 0.1) is 17.5 Å². The average Bonchev–Trinajstić information content (AvgIpc) is 2.74. The first kappa shape index (κ1) is 22.9. The number of aromatic nitrogens is 1. The Morgan fingerprint density at radius 3 is 2.55 bits per heavy atom. The zero-order valence-electron chi connectivity index (χ0n) is 16.4. The second-order valence-corrected chi connectivity index (χ2v) is 7.36. The van der Waals surface area contributed by atoms with Gasteiger partial charge in [-0.2, -0.15) is 0 Å². The minimum absolute atomic E-state index is 0.104. The monoisotopic (exact) mass is 445 g/mol. The first-order chi connectivity index (χ1) is 14.6. The predicted molar refractivity (Wildman–Crippen MR) is 101 cm³/mol. The van der Waals surface area contributed by atoms with Crippen molar-refractivity contribution >= 4 is 11.7 Å². The second kappa shape index (κ2) is 8.75. The van der Waals surface area contributed by atoms with Crippen LogP contribution in [-0.4, -0.2) is 54.3 Å². The summed E-state index contributed by atoms with van der Waals surface area (Å²) in [5.41, 5.74) is 3.91. The predicted octanol–water partition coefficient (Wildman–Crippen LogP) is 2.88. The Labute approximate surface area is 174 Å². The smallest absolute Gasteiger partial charge is 0.340 e. The Balaban J connectivity index is 2.04. The quantitative estimate of drug-likeness (QED) is 0.418. The highest BCUT2D eigenvalue weighted by atomic mass is 19.3. The molecule has 1 aromatic carbocycles. The van der Waals surface area contributed by atoms with Gasteiger partial charge in [-0.15, -0.1) is 0 Å². The molecule has 31 heavy (non-hydrogen) atoms. The van der Waals surface area contributed by atoms with Crippen molar-refractivity contribution in [3.05, 3.63) is 47.4 Å². The number of nitrogens with two attached hydrogens (primary N) is 1. The summed E-state index contributed by atoms with van der Waals surface area (Å²) in [5, 5.41) is 9.85. The van der Waals surface area contributed by atoms with E-state index in [1.54, 1.807) is 0 Å². The Hall–Kier alpha value is -2.79. The zero-order chi connectivity index (χ0) is 22.9. The van der Waals surface area contributed by atoms with Crippen molar-refractivity contribution < 1.29 is 36.6 Å². The summed E-state index contributed by atoms with van der Waals surface area (Å²) >= 11 is 0. The molecule has 2 unspecified atom stereocenters. The van der Waals surface area contributed by atoms with Crippen LogP contribution >= 0.6 is 0 Å². The molecule has 0 amide bonds. The Bertz CT molecular complexity index is 991. The molecule has 1 aliphatic heterocycles. The van der Waals surface area contributed by atoms with Crippen LogP contribution in [-0.2, 0) is 4.74 Å². The molecule has 0 spiro atoms. The molecule has 2 atom stereocenters. The highest BCUT2D eigenvalue weighted by molar-refractivity contribution is 5.97. The molecule has 168 valence electrons. The topological polar surface area (TPSA) is 88.7 Å². The molecule has 0 bridgehead atoms. The largest absolute Gasteiger partial charge is 0.465 e. The molecular formula is C20H20F5N3O3. The molecule has 6 nitrogen and oxygen atoms in total. The summed E-state index contributed by atoms with van der Waals surface area (Å²) in [5.74, 6) is -4.61. The summed E-state index contributed by atoms with van der Waals surface area (Å²) in [4.78, 5) is 17.9. The molecule has 0 radical (unpaired) electrons. The number of ether oxygens (including phenoxy) is 1. The number of hydrogen-bond acceptors (Lipinski definition) is 6. The Morgan fingerprint density at radius 1 is 1.23 bits per heavy atom. The number of nitrogens with zero attached hydrogens (tertiary/aromatic N) is 2. The number of pyridine rings is 1. The maximum Gasteiger partial charge on any atom is 0.340 e. The number of methoxy groups -OCH3 is 1. The number of aliphatic hydroxyl groups is 1. The molecule has 11 heteroatoms. The van der Waals surface area contributed by atoms with E-state index in [1.807, 2.05) is 0 Å². The van der Waals surface area contributed by atoms with Crippen molar-refractivity contribution in [1.29, 1.82) is 0 Å². The second-order valence-electron chi connectivity index (χ2n) is 7.36. The standard InChI is InChI=1S/C20H20F5N3O3/c1-31-19(30)11-6-15(10-5-13(22)14(23)7-12(10)21)27-8-16(11)28-4-2-3-20(26,9-28)17(29)18(24)25/h5-8,17-18,29H,2-4,9,26H2,1H3. The van der Waals surface area contributed by atoms with Crippen LogP contribution in [0.3, 0.4) is 0 Å². The summed E-state index contributed by atoms with van der Waals surface area (Å²) in [7, 11) is 1.11. The lowest BCUT2D eigenvalue weighted by Gasteiger charge is -2.43. The van der Waals surface area contributed by atoms with Crippen molar-refractivity contribution in [3.8, 4) is 11.3 Å². The third-order valence-electron chi connectivity index (χ3n) is 5.30. The molecule has 2 heterocycles. The minimum atomic E-state index is -3.05. The van der Waals surface area contributed by atoms with E-state index in [0.717, 1.165) is 13.2 Å². The van der Waals surface area contributed by atoms with Gasteiger partial charge in [-0.3, -0.25) is 4.98 Å². The van der Waals surface area contributed by atoms with Crippen LogP contribution in [0.4, 0.5) is 27.6 Å². The molecule has 1 aromatic heterocycles. The number of alkyl halides is 2. The highest BCUT2D eigenvalue weighted by Gasteiger charge is 2.43. The lowest BCUT2D eigenvalue weighted by atomic mass is 9.84. The fourth-order valence-corrected chi connectivity index (χ4v) is 3.65. The van der Waals surface area contributed by atoms with Crippen molar-refractivity contribution in [2.45, 2.75) is 30.9 Å². The van der Waals surface area contributed by atoms with Crippen molar-refractivity contribution in [3.63, 3.8) is 0 Å². The van der Waals surface area contributed by atoms with Gasteiger partial charge in [0.1, 0.15) is 11.9 Å². The number of esters is 1. The van der Waals surface area contributed by atoms with Crippen LogP contribution in [0.2, 0.25) is 0 Å². The van der Waals surface area contributed by atoms with Gasteiger partial charge in [-0.1, -0.05) is 0 Å². The van der Waals surface area contributed by atoms with Crippen LogP contribution in [0.1, 0.15) is 23.2 Å². The third-order valence-corrected chi connectivity index (χ3v) is 5.30. The van der Waals surface area contributed by atoms with E-state index < -0.39 is 41.5 Å². The molecule has 1 saturated heterocycles. The molecule has 0 aliphatic carbocycles. The number of piperidine rings is 1. The van der Waals surface area contributed by atoms with Gasteiger partial charge >= 0.3 is 5.97 Å². The molecular weight excluding hydrogens is 425 g/mol. The number of rotatable bonds is 5. The lowest BCUT2D eigenvalue weighted by Crippen LogP contribution is -2.63. The van der Waals surface area contributed by atoms with Gasteiger partial charge in [-0.25, -0.2) is 26.7 Å². The van der Waals surface area contributed by atoms with Crippen LogP contribution in [0.15, 0.2) is 24.4 Å². The maximum absolute atomic E-state index is 14.2. The Kier molecular flexibility index (Phi) is 6.46. The SMILES string of the molecule is COC(=O)c1cc(-c2cc(F)c(F)cc2F)ncc1N1CCCC(N)(C(O)C(F)F)C1. The number of anilines is 1.